The molecule has 0 aromatic carbocycles. The third-order valence-corrected chi connectivity index (χ3v) is 5.48. The van der Waals surface area contributed by atoms with E-state index in [1.165, 1.54) is 6.20 Å². The van der Waals surface area contributed by atoms with Crippen LogP contribution in [0.25, 0.3) is 0 Å². The molecule has 2 aliphatic rings. The molecular formula is C15H22N4O4. The molecule has 1 aromatic heterocycles. The van der Waals surface area contributed by atoms with Crippen molar-refractivity contribution >= 4 is 11.8 Å². The normalized spacial score (nSPS) is 24.0. The second kappa shape index (κ2) is 6.27. The summed E-state index contributed by atoms with van der Waals surface area (Å²) in [6, 6.07) is 0. The molecule has 23 heavy (non-hydrogen) atoms. The van der Waals surface area contributed by atoms with E-state index in [0.29, 0.717) is 13.1 Å². The summed E-state index contributed by atoms with van der Waals surface area (Å²) in [4.78, 5) is 27.4. The summed E-state index contributed by atoms with van der Waals surface area (Å²) in [6.45, 7) is 4.22. The minimum Gasteiger partial charge on any atom is -0.396 e. The van der Waals surface area contributed by atoms with Crippen molar-refractivity contribution in [3.8, 4) is 0 Å². The molecule has 1 N–H and O–H groups in total. The molecule has 0 aliphatic carbocycles. The second-order valence-corrected chi connectivity index (χ2v) is 6.54. The van der Waals surface area contributed by atoms with Gasteiger partial charge in [-0.05, 0) is 29.8 Å². The molecule has 2 amide bonds. The van der Waals surface area contributed by atoms with Crippen molar-refractivity contribution in [2.24, 2.45) is 11.3 Å². The predicted octanol–water partition coefficient (Wildman–Crippen LogP) is 0.153. The molecule has 0 saturated carbocycles. The average molecular weight is 322 g/mol. The highest BCUT2D eigenvalue weighted by Gasteiger charge is 2.45. The lowest BCUT2D eigenvalue weighted by Gasteiger charge is -2.51. The van der Waals surface area contributed by atoms with E-state index >= 15 is 0 Å². The van der Waals surface area contributed by atoms with Crippen molar-refractivity contribution in [3.63, 3.8) is 0 Å². The van der Waals surface area contributed by atoms with E-state index < -0.39 is 0 Å². The Morgan fingerprint density at radius 3 is 2.48 bits per heavy atom. The lowest BCUT2D eigenvalue weighted by Crippen LogP contribution is -2.55. The highest BCUT2D eigenvalue weighted by atomic mass is 16.6. The Labute approximate surface area is 134 Å². The number of amides is 2. The van der Waals surface area contributed by atoms with Gasteiger partial charge in [-0.2, -0.15) is 0 Å². The van der Waals surface area contributed by atoms with Gasteiger partial charge in [0.15, 0.2) is 5.69 Å². The van der Waals surface area contributed by atoms with Crippen molar-refractivity contribution in [1.82, 2.24) is 20.1 Å². The molecule has 1 spiro atoms. The maximum atomic E-state index is 12.4. The largest absolute Gasteiger partial charge is 0.396 e. The zero-order chi connectivity index (χ0) is 16.4. The van der Waals surface area contributed by atoms with Crippen molar-refractivity contribution < 1.29 is 19.3 Å². The number of carbonyl (C=O) groups excluding carboxylic acids is 2. The number of carbonyl (C=O) groups is 2. The molecule has 0 unspecified atom stereocenters. The van der Waals surface area contributed by atoms with Crippen LogP contribution in [-0.4, -0.2) is 69.8 Å². The number of nitrogens with zero attached hydrogens (tertiary/aromatic N) is 4. The van der Waals surface area contributed by atoms with Crippen molar-refractivity contribution in [1.29, 1.82) is 0 Å². The lowest BCUT2D eigenvalue weighted by molar-refractivity contribution is -0.133. The van der Waals surface area contributed by atoms with Gasteiger partial charge >= 0.3 is 0 Å². The van der Waals surface area contributed by atoms with Gasteiger partial charge in [0, 0.05) is 45.6 Å². The number of rotatable bonds is 2. The van der Waals surface area contributed by atoms with Crippen LogP contribution in [0.1, 0.15) is 36.7 Å². The lowest BCUT2D eigenvalue weighted by atomic mass is 9.64. The third kappa shape index (κ3) is 2.95. The molecule has 8 heteroatoms. The standard InChI is InChI=1S/C15H22N4O4/c1-11(21)18-5-2-15(3-6-18)4-7-19(9-12(15)10-20)14(22)13-8-16-23-17-13/h8,12,20H,2-7,9-10H2,1H3/t12-/m0/s1. The Balaban J connectivity index is 1.68. The van der Waals surface area contributed by atoms with Crippen LogP contribution in [0.4, 0.5) is 0 Å². The summed E-state index contributed by atoms with van der Waals surface area (Å²) >= 11 is 0. The molecular weight excluding hydrogens is 300 g/mol. The summed E-state index contributed by atoms with van der Waals surface area (Å²) in [5, 5.41) is 16.9. The zero-order valence-corrected chi connectivity index (χ0v) is 13.3. The summed E-state index contributed by atoms with van der Waals surface area (Å²) < 4.78 is 4.49. The van der Waals surface area contributed by atoms with E-state index in [4.69, 9.17) is 0 Å². The van der Waals surface area contributed by atoms with Crippen LogP contribution in [0.2, 0.25) is 0 Å². The number of piperidine rings is 2. The molecule has 1 atom stereocenters. The van der Waals surface area contributed by atoms with Crippen LogP contribution in [0, 0.1) is 11.3 Å². The molecule has 0 radical (unpaired) electrons. The number of aliphatic hydroxyl groups excluding tert-OH is 1. The Morgan fingerprint density at radius 1 is 1.30 bits per heavy atom. The summed E-state index contributed by atoms with van der Waals surface area (Å²) in [6.07, 6.45) is 3.91. The van der Waals surface area contributed by atoms with E-state index in [-0.39, 0.29) is 35.4 Å². The predicted molar refractivity (Wildman–Crippen MR) is 79.3 cm³/mol. The highest BCUT2D eigenvalue weighted by Crippen LogP contribution is 2.45. The Bertz CT molecular complexity index is 566. The van der Waals surface area contributed by atoms with Gasteiger partial charge in [0.05, 0.1) is 0 Å². The first kappa shape index (κ1) is 15.9. The van der Waals surface area contributed by atoms with Crippen LogP contribution < -0.4 is 0 Å². The Hall–Kier alpha value is -1.96. The van der Waals surface area contributed by atoms with Gasteiger partial charge < -0.3 is 14.9 Å². The highest BCUT2D eigenvalue weighted by molar-refractivity contribution is 5.91. The Kier molecular flexibility index (Phi) is 4.34. The molecule has 2 saturated heterocycles. The SMILES string of the molecule is CC(=O)N1CCC2(CC1)CCN(C(=O)c1cnon1)C[C@H]2CO. The van der Waals surface area contributed by atoms with Crippen molar-refractivity contribution in [2.45, 2.75) is 26.2 Å². The molecule has 1 aromatic rings. The molecule has 2 aliphatic heterocycles. The van der Waals surface area contributed by atoms with Gasteiger partial charge in [-0.25, -0.2) is 4.63 Å². The minimum absolute atomic E-state index is 0.0134. The number of hydrogen-bond acceptors (Lipinski definition) is 6. The van der Waals surface area contributed by atoms with Crippen LogP contribution >= 0.6 is 0 Å². The van der Waals surface area contributed by atoms with Gasteiger partial charge in [0.1, 0.15) is 6.20 Å². The first-order valence-electron chi connectivity index (χ1n) is 7.99. The number of hydrogen-bond donors (Lipinski definition) is 1. The monoisotopic (exact) mass is 322 g/mol. The molecule has 0 bridgehead atoms. The fourth-order valence-electron chi connectivity index (χ4n) is 3.89. The topological polar surface area (TPSA) is 99.8 Å². The Morgan fingerprint density at radius 2 is 1.96 bits per heavy atom. The molecule has 8 nitrogen and oxygen atoms in total. The fourth-order valence-corrected chi connectivity index (χ4v) is 3.89. The fraction of sp³-hybridized carbons (Fsp3) is 0.733. The molecule has 3 rings (SSSR count). The van der Waals surface area contributed by atoms with Crippen molar-refractivity contribution in [2.75, 3.05) is 32.8 Å². The maximum absolute atomic E-state index is 12.4. The maximum Gasteiger partial charge on any atom is 0.277 e. The van der Waals surface area contributed by atoms with Crippen LogP contribution in [-0.2, 0) is 4.79 Å². The first-order valence-corrected chi connectivity index (χ1v) is 7.99. The number of aromatic nitrogens is 2. The summed E-state index contributed by atoms with van der Waals surface area (Å²) in [7, 11) is 0. The average Bonchev–Trinajstić information content (AvgIpc) is 3.09. The summed E-state index contributed by atoms with van der Waals surface area (Å²) in [5.41, 5.74) is 0.212. The second-order valence-electron chi connectivity index (χ2n) is 6.54. The third-order valence-electron chi connectivity index (χ3n) is 5.48. The van der Waals surface area contributed by atoms with E-state index in [0.717, 1.165) is 32.4 Å². The van der Waals surface area contributed by atoms with Gasteiger partial charge in [-0.15, -0.1) is 0 Å². The molecule has 3 heterocycles. The number of likely N-dealkylation sites (tertiary alicyclic amines) is 2. The van der Waals surface area contributed by atoms with E-state index in [2.05, 4.69) is 14.9 Å². The van der Waals surface area contributed by atoms with Gasteiger partial charge in [-0.1, -0.05) is 5.16 Å². The summed E-state index contributed by atoms with van der Waals surface area (Å²) in [5.74, 6) is -0.0820. The van der Waals surface area contributed by atoms with E-state index in [1.54, 1.807) is 11.8 Å². The first-order chi connectivity index (χ1) is 11.1. The van der Waals surface area contributed by atoms with Crippen LogP contribution in [0.15, 0.2) is 10.8 Å². The smallest absolute Gasteiger partial charge is 0.277 e. The van der Waals surface area contributed by atoms with Gasteiger partial charge in [-0.3, -0.25) is 9.59 Å². The van der Waals surface area contributed by atoms with Gasteiger partial charge in [0.2, 0.25) is 5.91 Å². The minimum atomic E-state index is -0.208. The van der Waals surface area contributed by atoms with Crippen LogP contribution in [0.5, 0.6) is 0 Å². The van der Waals surface area contributed by atoms with Crippen LogP contribution in [0.3, 0.4) is 0 Å². The molecule has 126 valence electrons. The quantitative estimate of drug-likeness (QED) is 0.832. The zero-order valence-electron chi connectivity index (χ0n) is 13.3. The molecule has 2 fully saturated rings. The van der Waals surface area contributed by atoms with Gasteiger partial charge in [0.25, 0.3) is 5.91 Å². The van der Waals surface area contributed by atoms with Crippen molar-refractivity contribution in [3.05, 3.63) is 11.9 Å². The number of aliphatic hydroxyl groups is 1. The van der Waals surface area contributed by atoms with E-state index in [1.807, 2.05) is 4.90 Å². The van der Waals surface area contributed by atoms with E-state index in [9.17, 15) is 14.7 Å².